The first kappa shape index (κ1) is 24.0. The molecule has 3 heterocycles. The molecule has 8 nitrogen and oxygen atoms in total. The lowest BCUT2D eigenvalue weighted by Gasteiger charge is -2.43. The van der Waals surface area contributed by atoms with Crippen LogP contribution in [0.4, 0.5) is 0 Å². The number of nitrogens with zero attached hydrogens (tertiary/aromatic N) is 1. The fourth-order valence-corrected chi connectivity index (χ4v) is 10.3. The van der Waals surface area contributed by atoms with Crippen molar-refractivity contribution in [2.24, 2.45) is 29.6 Å². The standard InChI is InChI=1S/C25H26N2O6S3/c1-4-33-15(28)9-27-23(29)18-11-8-12(19(18)24(27)30)20-17(11)16(21-22(35-20)26-25(34)36-21)10-5-6-13(31-2)14(7-10)32-3/h5-7,11-12,16-20H,4,8-9H2,1-3H3,(H,26,34). The molecule has 7 unspecified atom stereocenters. The van der Waals surface area contributed by atoms with Gasteiger partial charge in [-0.15, -0.1) is 23.1 Å². The second-order valence-corrected chi connectivity index (χ2v) is 12.5. The number of thioether (sulfide) groups is 1. The summed E-state index contributed by atoms with van der Waals surface area (Å²) in [5.41, 5.74) is 1.08. The number of thiazole rings is 1. The van der Waals surface area contributed by atoms with E-state index in [1.807, 2.05) is 12.1 Å². The molecule has 1 saturated heterocycles. The quantitative estimate of drug-likeness (QED) is 0.331. The highest BCUT2D eigenvalue weighted by atomic mass is 32.2. The second kappa shape index (κ2) is 8.88. The maximum absolute atomic E-state index is 13.5. The number of hydrogen-bond donors (Lipinski definition) is 1. The number of carbonyl (C=O) groups excluding carboxylic acids is 3. The number of esters is 1. The van der Waals surface area contributed by atoms with Crippen LogP contribution in [0.5, 0.6) is 11.5 Å². The molecular weight excluding hydrogens is 520 g/mol. The fourth-order valence-electron chi connectivity index (χ4n) is 6.99. The first-order valence-corrected chi connectivity index (χ1v) is 14.1. The van der Waals surface area contributed by atoms with Gasteiger partial charge in [0.25, 0.3) is 0 Å². The summed E-state index contributed by atoms with van der Waals surface area (Å²) in [4.78, 5) is 44.7. The lowest BCUT2D eigenvalue weighted by atomic mass is 9.68. The Labute approximate surface area is 221 Å². The Hall–Kier alpha value is -2.37. The van der Waals surface area contributed by atoms with E-state index >= 15 is 0 Å². The number of hydrogen-bond acceptors (Lipinski definition) is 9. The average Bonchev–Trinajstić information content (AvgIpc) is 3.59. The van der Waals surface area contributed by atoms with Crippen molar-refractivity contribution < 1.29 is 28.6 Å². The van der Waals surface area contributed by atoms with Crippen molar-refractivity contribution >= 4 is 53.1 Å². The van der Waals surface area contributed by atoms with Gasteiger partial charge >= 0.3 is 5.97 Å². The topological polar surface area (TPSA) is 97.9 Å². The van der Waals surface area contributed by atoms with Crippen molar-refractivity contribution in [1.29, 1.82) is 0 Å². The van der Waals surface area contributed by atoms with Gasteiger partial charge < -0.3 is 19.2 Å². The van der Waals surface area contributed by atoms with Crippen molar-refractivity contribution in [3.05, 3.63) is 32.6 Å². The van der Waals surface area contributed by atoms with Crippen LogP contribution >= 0.6 is 35.3 Å². The maximum atomic E-state index is 13.5. The Kier molecular flexibility index (Phi) is 5.92. The molecule has 0 radical (unpaired) electrons. The Morgan fingerprint density at radius 1 is 1.14 bits per heavy atom. The number of aromatic nitrogens is 1. The van der Waals surface area contributed by atoms with Gasteiger partial charge in [-0.3, -0.25) is 19.3 Å². The fraction of sp³-hybridized carbons (Fsp3) is 0.520. The van der Waals surface area contributed by atoms with E-state index in [2.05, 4.69) is 11.1 Å². The highest BCUT2D eigenvalue weighted by Crippen LogP contribution is 2.68. The number of likely N-dealkylation sites (tertiary alicyclic amines) is 1. The number of benzene rings is 1. The van der Waals surface area contributed by atoms with Gasteiger partial charge in [0, 0.05) is 16.0 Å². The molecule has 2 bridgehead atoms. The summed E-state index contributed by atoms with van der Waals surface area (Å²) in [6.07, 6.45) is 0.835. The minimum absolute atomic E-state index is 0.0157. The highest BCUT2D eigenvalue weighted by molar-refractivity contribution is 8.00. The molecule has 36 heavy (non-hydrogen) atoms. The lowest BCUT2D eigenvalue weighted by molar-refractivity contribution is -0.153. The molecule has 1 N–H and O–H groups in total. The highest BCUT2D eigenvalue weighted by Gasteiger charge is 2.69. The third-order valence-corrected chi connectivity index (χ3v) is 11.1. The molecule has 2 aliphatic heterocycles. The number of H-pyrrole nitrogens is 1. The van der Waals surface area contributed by atoms with E-state index < -0.39 is 11.9 Å². The molecule has 2 aliphatic carbocycles. The van der Waals surface area contributed by atoms with Gasteiger partial charge in [0.2, 0.25) is 11.8 Å². The lowest BCUT2D eigenvalue weighted by Crippen LogP contribution is -2.42. The zero-order chi connectivity index (χ0) is 25.3. The molecule has 11 heteroatoms. The SMILES string of the molecule is CCOC(=O)CN1C(=O)C2C3CC(C2C1=O)C1C(c2ccc(OC)c(OC)c2)c2sc(=S)[nH]c2SC31. The van der Waals surface area contributed by atoms with Crippen LogP contribution in [-0.2, 0) is 19.1 Å². The third kappa shape index (κ3) is 3.39. The molecule has 6 rings (SSSR count). The van der Waals surface area contributed by atoms with Crippen LogP contribution in [0.15, 0.2) is 23.2 Å². The Balaban J connectivity index is 1.41. The molecule has 1 aromatic carbocycles. The van der Waals surface area contributed by atoms with Crippen LogP contribution < -0.4 is 9.47 Å². The number of methoxy groups -OCH3 is 2. The van der Waals surface area contributed by atoms with Gasteiger partial charge in [-0.1, -0.05) is 6.07 Å². The summed E-state index contributed by atoms with van der Waals surface area (Å²) in [6.45, 7) is 1.62. The summed E-state index contributed by atoms with van der Waals surface area (Å²) in [5, 5.41) is 1.22. The van der Waals surface area contributed by atoms with Gasteiger partial charge in [-0.05, 0) is 61.0 Å². The first-order valence-electron chi connectivity index (χ1n) is 12.0. The number of rotatable bonds is 6. The first-order chi connectivity index (χ1) is 17.4. The summed E-state index contributed by atoms with van der Waals surface area (Å²) >= 11 is 8.86. The van der Waals surface area contributed by atoms with Crippen molar-refractivity contribution in [3.8, 4) is 11.5 Å². The number of ether oxygens (including phenoxy) is 3. The van der Waals surface area contributed by atoms with Gasteiger partial charge in [0.05, 0.1) is 37.7 Å². The summed E-state index contributed by atoms with van der Waals surface area (Å²) in [7, 11) is 3.23. The zero-order valence-corrected chi connectivity index (χ0v) is 22.5. The van der Waals surface area contributed by atoms with Gasteiger partial charge in [-0.25, -0.2) is 0 Å². The molecule has 1 aromatic heterocycles. The number of amides is 2. The number of aromatic amines is 1. The summed E-state index contributed by atoms with van der Waals surface area (Å²) in [5.74, 6) is -0.174. The van der Waals surface area contributed by atoms with Crippen molar-refractivity contribution in [2.75, 3.05) is 27.4 Å². The predicted molar refractivity (Wildman–Crippen MR) is 136 cm³/mol. The second-order valence-electron chi connectivity index (χ2n) is 9.64. The molecule has 4 aliphatic rings. The molecule has 3 fully saturated rings. The van der Waals surface area contributed by atoms with Crippen LogP contribution in [-0.4, -0.2) is 60.3 Å². The normalized spacial score (nSPS) is 31.8. The van der Waals surface area contributed by atoms with Crippen LogP contribution in [0.25, 0.3) is 0 Å². The summed E-state index contributed by atoms with van der Waals surface area (Å²) in [6, 6.07) is 5.99. The van der Waals surface area contributed by atoms with Crippen LogP contribution in [0, 0.1) is 33.5 Å². The maximum Gasteiger partial charge on any atom is 0.326 e. The molecule has 2 aromatic rings. The van der Waals surface area contributed by atoms with E-state index in [9.17, 15) is 14.4 Å². The van der Waals surface area contributed by atoms with E-state index in [4.69, 9.17) is 26.4 Å². The van der Waals surface area contributed by atoms with E-state index in [-0.39, 0.29) is 59.8 Å². The number of nitrogens with one attached hydrogen (secondary N) is 1. The molecular formula is C25H26N2O6S3. The average molecular weight is 547 g/mol. The summed E-state index contributed by atoms with van der Waals surface area (Å²) < 4.78 is 16.8. The van der Waals surface area contributed by atoms with Gasteiger partial charge in [0.15, 0.2) is 15.5 Å². The van der Waals surface area contributed by atoms with E-state index in [1.54, 1.807) is 44.2 Å². The zero-order valence-electron chi connectivity index (χ0n) is 20.0. The molecule has 2 amide bonds. The Morgan fingerprint density at radius 2 is 1.86 bits per heavy atom. The molecule has 7 atom stereocenters. The smallest absolute Gasteiger partial charge is 0.326 e. The van der Waals surface area contributed by atoms with E-state index in [1.165, 1.54) is 4.88 Å². The monoisotopic (exact) mass is 546 g/mol. The van der Waals surface area contributed by atoms with Crippen molar-refractivity contribution in [3.63, 3.8) is 0 Å². The van der Waals surface area contributed by atoms with E-state index in [0.717, 1.165) is 25.9 Å². The van der Waals surface area contributed by atoms with Crippen LogP contribution in [0.3, 0.4) is 0 Å². The number of imide groups is 1. The minimum Gasteiger partial charge on any atom is -0.493 e. The number of fused-ring (bicyclic) bond motifs is 9. The molecule has 0 spiro atoms. The van der Waals surface area contributed by atoms with Crippen LogP contribution in [0.1, 0.15) is 29.7 Å². The Morgan fingerprint density at radius 3 is 2.56 bits per heavy atom. The number of carbonyl (C=O) groups is 3. The van der Waals surface area contributed by atoms with Gasteiger partial charge in [-0.2, -0.15) is 0 Å². The van der Waals surface area contributed by atoms with Gasteiger partial charge in [0.1, 0.15) is 6.54 Å². The third-order valence-electron chi connectivity index (χ3n) is 8.17. The van der Waals surface area contributed by atoms with Crippen molar-refractivity contribution in [1.82, 2.24) is 9.88 Å². The molecule has 190 valence electrons. The van der Waals surface area contributed by atoms with Crippen LogP contribution in [0.2, 0.25) is 0 Å². The predicted octanol–water partition coefficient (Wildman–Crippen LogP) is 3.86. The largest absolute Gasteiger partial charge is 0.493 e. The minimum atomic E-state index is -0.545. The Bertz CT molecular complexity index is 1320. The molecule has 2 saturated carbocycles. The van der Waals surface area contributed by atoms with Crippen molar-refractivity contribution in [2.45, 2.75) is 29.5 Å². The van der Waals surface area contributed by atoms with E-state index in [0.29, 0.717) is 11.5 Å².